The number of nitrogens with zero attached hydrogens (tertiary/aromatic N) is 1. The quantitative estimate of drug-likeness (QED) is 0.611. The molecule has 4 rings (SSSR count). The molecule has 148 valence electrons. The van der Waals surface area contributed by atoms with Gasteiger partial charge in [0.1, 0.15) is 0 Å². The summed E-state index contributed by atoms with van der Waals surface area (Å²) in [6.07, 6.45) is 8.20. The summed E-state index contributed by atoms with van der Waals surface area (Å²) in [7, 11) is 0. The van der Waals surface area contributed by atoms with Gasteiger partial charge >= 0.3 is 6.09 Å². The Morgan fingerprint density at radius 1 is 1.27 bits per heavy atom. The molecule has 1 N–H and O–H groups in total. The number of amides is 1. The second-order valence-electron chi connectivity index (χ2n) is 8.34. The zero-order valence-corrected chi connectivity index (χ0v) is 16.3. The fourth-order valence-electron chi connectivity index (χ4n) is 4.42. The van der Waals surface area contributed by atoms with Crippen molar-refractivity contribution in [2.45, 2.75) is 70.2 Å². The van der Waals surface area contributed by atoms with Crippen molar-refractivity contribution in [1.82, 2.24) is 4.90 Å². The number of ether oxygens (including phenoxy) is 3. The van der Waals surface area contributed by atoms with Gasteiger partial charge in [0.05, 0.1) is 37.1 Å². The Labute approximate surface area is 156 Å². The molecular weight excluding hydrogens is 334 g/mol. The first kappa shape index (κ1) is 19.6. The zero-order valence-electron chi connectivity index (χ0n) is 16.3. The van der Waals surface area contributed by atoms with Gasteiger partial charge in [-0.3, -0.25) is 0 Å². The van der Waals surface area contributed by atoms with Gasteiger partial charge in [-0.05, 0) is 40.0 Å². The van der Waals surface area contributed by atoms with Crippen molar-refractivity contribution in [3.05, 3.63) is 11.6 Å². The van der Waals surface area contributed by atoms with Crippen LogP contribution in [0.15, 0.2) is 11.6 Å². The van der Waals surface area contributed by atoms with Crippen molar-refractivity contribution < 1.29 is 24.1 Å². The first-order chi connectivity index (χ1) is 12.4. The van der Waals surface area contributed by atoms with E-state index in [9.17, 15) is 4.79 Å². The van der Waals surface area contributed by atoms with Gasteiger partial charge < -0.3 is 24.2 Å². The third kappa shape index (κ3) is 4.41. The molecule has 0 aromatic rings. The fourth-order valence-corrected chi connectivity index (χ4v) is 4.42. The van der Waals surface area contributed by atoms with Crippen LogP contribution in [0.25, 0.3) is 0 Å². The average molecular weight is 367 g/mol. The second-order valence-corrected chi connectivity index (χ2v) is 8.34. The molecule has 0 unspecified atom stereocenters. The van der Waals surface area contributed by atoms with Crippen LogP contribution in [-0.4, -0.2) is 66.3 Å². The molecule has 6 heteroatoms. The second kappa shape index (κ2) is 7.87. The molecule has 0 aromatic heterocycles. The lowest BCUT2D eigenvalue weighted by Gasteiger charge is -2.32. The topological polar surface area (TPSA) is 74.8 Å². The normalized spacial score (nSPS) is 38.2. The largest absolute Gasteiger partial charge is 0.465 e. The molecule has 4 aliphatic rings. The van der Waals surface area contributed by atoms with Gasteiger partial charge in [-0.25, -0.2) is 4.79 Å². The summed E-state index contributed by atoms with van der Waals surface area (Å²) < 4.78 is 16.8. The molecule has 26 heavy (non-hydrogen) atoms. The Morgan fingerprint density at radius 2 is 1.96 bits per heavy atom. The van der Waals surface area contributed by atoms with E-state index in [1.54, 1.807) is 0 Å². The van der Waals surface area contributed by atoms with Crippen LogP contribution in [0, 0.1) is 5.92 Å². The van der Waals surface area contributed by atoms with E-state index in [0.29, 0.717) is 38.3 Å². The van der Waals surface area contributed by atoms with Gasteiger partial charge in [0.15, 0.2) is 0 Å². The molecule has 6 nitrogen and oxygen atoms in total. The Balaban J connectivity index is 0.000000185. The van der Waals surface area contributed by atoms with E-state index in [2.05, 4.69) is 26.8 Å². The Hall–Kier alpha value is -1.11. The van der Waals surface area contributed by atoms with E-state index in [4.69, 9.17) is 19.3 Å². The SMILES string of the molecule is CC(C)=CC[C@H]1O[C@]1(C)[C@H]1CCCC[C@]12CO2.O=C(O)N1CCOCC1. The minimum atomic E-state index is -0.849. The van der Waals surface area contributed by atoms with E-state index in [1.165, 1.54) is 36.2 Å². The summed E-state index contributed by atoms with van der Waals surface area (Å²) in [5, 5.41) is 8.41. The number of carbonyl (C=O) groups is 1. The molecule has 0 aromatic carbocycles. The van der Waals surface area contributed by atoms with Crippen LogP contribution < -0.4 is 0 Å². The number of allylic oxidation sites excluding steroid dienone is 1. The number of carboxylic acid groups (broad SMARTS) is 1. The third-order valence-electron chi connectivity index (χ3n) is 6.18. The smallest absolute Gasteiger partial charge is 0.407 e. The molecule has 4 fully saturated rings. The lowest BCUT2D eigenvalue weighted by Crippen LogP contribution is -2.39. The maximum Gasteiger partial charge on any atom is 0.407 e. The van der Waals surface area contributed by atoms with Gasteiger partial charge in [-0.2, -0.15) is 0 Å². The molecule has 1 saturated carbocycles. The van der Waals surface area contributed by atoms with Gasteiger partial charge in [0.25, 0.3) is 0 Å². The summed E-state index contributed by atoms with van der Waals surface area (Å²) in [4.78, 5) is 11.6. The number of morpholine rings is 1. The van der Waals surface area contributed by atoms with Crippen LogP contribution in [-0.2, 0) is 14.2 Å². The van der Waals surface area contributed by atoms with Crippen LogP contribution in [0.5, 0.6) is 0 Å². The molecular formula is C20H33NO5. The highest BCUT2D eigenvalue weighted by molar-refractivity contribution is 5.64. The zero-order chi connectivity index (χ0) is 18.8. The Kier molecular flexibility index (Phi) is 5.94. The summed E-state index contributed by atoms with van der Waals surface area (Å²) in [6.45, 7) is 9.68. The molecule has 3 aliphatic heterocycles. The summed E-state index contributed by atoms with van der Waals surface area (Å²) >= 11 is 0. The number of hydrogen-bond donors (Lipinski definition) is 1. The molecule has 0 bridgehead atoms. The van der Waals surface area contributed by atoms with Crippen molar-refractivity contribution in [2.75, 3.05) is 32.9 Å². The van der Waals surface area contributed by atoms with Crippen LogP contribution in [0.1, 0.15) is 52.9 Å². The molecule has 1 aliphatic carbocycles. The molecule has 3 saturated heterocycles. The molecule has 1 amide bonds. The van der Waals surface area contributed by atoms with Crippen molar-refractivity contribution in [3.8, 4) is 0 Å². The Bertz CT molecular complexity index is 534. The lowest BCUT2D eigenvalue weighted by atomic mass is 9.71. The van der Waals surface area contributed by atoms with Crippen LogP contribution in [0.3, 0.4) is 0 Å². The van der Waals surface area contributed by atoms with Crippen LogP contribution in [0.4, 0.5) is 4.79 Å². The van der Waals surface area contributed by atoms with E-state index < -0.39 is 6.09 Å². The number of hydrogen-bond acceptors (Lipinski definition) is 4. The maximum atomic E-state index is 10.2. The predicted octanol–water partition coefficient (Wildman–Crippen LogP) is 3.46. The highest BCUT2D eigenvalue weighted by Gasteiger charge is 2.67. The summed E-state index contributed by atoms with van der Waals surface area (Å²) in [5.74, 6) is 0.638. The number of epoxide rings is 2. The first-order valence-electron chi connectivity index (χ1n) is 9.88. The molecule has 3 heterocycles. The van der Waals surface area contributed by atoms with E-state index in [0.717, 1.165) is 13.0 Å². The highest BCUT2D eigenvalue weighted by atomic mass is 16.6. The van der Waals surface area contributed by atoms with Gasteiger partial charge in [0.2, 0.25) is 0 Å². The van der Waals surface area contributed by atoms with Crippen molar-refractivity contribution in [3.63, 3.8) is 0 Å². The third-order valence-corrected chi connectivity index (χ3v) is 6.18. The summed E-state index contributed by atoms with van der Waals surface area (Å²) in [6, 6.07) is 0. The average Bonchev–Trinajstić information content (AvgIpc) is 3.53. The number of rotatable bonds is 3. The van der Waals surface area contributed by atoms with Crippen molar-refractivity contribution in [2.24, 2.45) is 5.92 Å². The standard InChI is InChI=1S/C15H24O2.C5H9NO3/c1-11(2)7-8-13-14(3,17-13)12-6-4-5-9-15(12)10-16-15;7-5(8)6-1-3-9-4-2-6/h7,12-13H,4-6,8-10H2,1-3H3;1-4H2,(H,7,8)/t12-,13-,14-,15+;/m1./s1. The summed E-state index contributed by atoms with van der Waals surface area (Å²) in [5.41, 5.74) is 1.71. The molecule has 0 radical (unpaired) electrons. The Morgan fingerprint density at radius 3 is 2.50 bits per heavy atom. The van der Waals surface area contributed by atoms with E-state index >= 15 is 0 Å². The monoisotopic (exact) mass is 367 g/mol. The predicted molar refractivity (Wildman–Crippen MR) is 98.4 cm³/mol. The van der Waals surface area contributed by atoms with E-state index in [-0.39, 0.29) is 11.2 Å². The van der Waals surface area contributed by atoms with Crippen LogP contribution in [0.2, 0.25) is 0 Å². The highest BCUT2D eigenvalue weighted by Crippen LogP contribution is 2.58. The van der Waals surface area contributed by atoms with Gasteiger partial charge in [-0.1, -0.05) is 24.5 Å². The van der Waals surface area contributed by atoms with E-state index in [1.807, 2.05) is 0 Å². The van der Waals surface area contributed by atoms with Crippen LogP contribution >= 0.6 is 0 Å². The van der Waals surface area contributed by atoms with Gasteiger partial charge in [-0.15, -0.1) is 0 Å². The van der Waals surface area contributed by atoms with Gasteiger partial charge in [0, 0.05) is 19.0 Å². The molecule has 4 atom stereocenters. The fraction of sp³-hybridized carbons (Fsp3) is 0.850. The maximum absolute atomic E-state index is 10.2. The minimum absolute atomic E-state index is 0.100. The lowest BCUT2D eigenvalue weighted by molar-refractivity contribution is 0.0392. The van der Waals surface area contributed by atoms with Crippen molar-refractivity contribution in [1.29, 1.82) is 0 Å². The molecule has 1 spiro atoms. The van der Waals surface area contributed by atoms with Crippen molar-refractivity contribution >= 4 is 6.09 Å². The minimum Gasteiger partial charge on any atom is -0.465 e. The first-order valence-corrected chi connectivity index (χ1v) is 9.88.